The van der Waals surface area contributed by atoms with Crippen LogP contribution in [0.2, 0.25) is 5.02 Å². The average molecular weight is 377 g/mol. The molecule has 2 aromatic rings. The zero-order valence-electron chi connectivity index (χ0n) is 11.1. The molecule has 2 aromatic carbocycles. The molecule has 2 nitrogen and oxygen atoms in total. The fraction of sp³-hybridized carbons (Fsp3) is 0.200. The van der Waals surface area contributed by atoms with Gasteiger partial charge in [0.2, 0.25) is 0 Å². The van der Waals surface area contributed by atoms with Crippen molar-refractivity contribution >= 4 is 27.5 Å². The molecule has 0 fully saturated rings. The van der Waals surface area contributed by atoms with E-state index in [1.54, 1.807) is 19.1 Å². The van der Waals surface area contributed by atoms with Crippen LogP contribution in [0.3, 0.4) is 0 Å². The molecule has 2 atom stereocenters. The zero-order chi connectivity index (χ0) is 15.6. The number of benzene rings is 2. The van der Waals surface area contributed by atoms with Crippen LogP contribution < -0.4 is 10.5 Å². The lowest BCUT2D eigenvalue weighted by atomic mass is 10.0. The van der Waals surface area contributed by atoms with E-state index in [0.717, 1.165) is 0 Å². The third kappa shape index (κ3) is 3.93. The van der Waals surface area contributed by atoms with Gasteiger partial charge >= 0.3 is 0 Å². The number of hydrogen-bond donors (Lipinski definition) is 1. The van der Waals surface area contributed by atoms with E-state index in [1.807, 2.05) is 0 Å². The molecule has 2 rings (SSSR count). The van der Waals surface area contributed by atoms with Gasteiger partial charge in [0, 0.05) is 12.1 Å². The van der Waals surface area contributed by atoms with Crippen molar-refractivity contribution in [3.05, 3.63) is 63.1 Å². The van der Waals surface area contributed by atoms with Crippen LogP contribution in [0.25, 0.3) is 0 Å². The lowest BCUT2D eigenvalue weighted by Gasteiger charge is -2.23. The first-order chi connectivity index (χ1) is 9.88. The van der Waals surface area contributed by atoms with Gasteiger partial charge < -0.3 is 10.5 Å². The Hall–Kier alpha value is -1.17. The van der Waals surface area contributed by atoms with Crippen LogP contribution >= 0.6 is 27.5 Å². The molecule has 0 amide bonds. The zero-order valence-corrected chi connectivity index (χ0v) is 13.5. The van der Waals surface area contributed by atoms with E-state index < -0.39 is 18.0 Å². The molecule has 0 heterocycles. The second-order valence-electron chi connectivity index (χ2n) is 4.65. The minimum absolute atomic E-state index is 0.0164. The summed E-state index contributed by atoms with van der Waals surface area (Å²) in [5.74, 6) is -0.732. The third-order valence-electron chi connectivity index (χ3n) is 2.88. The van der Waals surface area contributed by atoms with Gasteiger partial charge in [0.05, 0.1) is 9.50 Å². The van der Waals surface area contributed by atoms with Crippen LogP contribution in [0.1, 0.15) is 18.6 Å². The molecule has 0 aliphatic carbocycles. The average Bonchev–Trinajstić information content (AvgIpc) is 2.41. The van der Waals surface area contributed by atoms with Crippen molar-refractivity contribution in [2.24, 2.45) is 5.73 Å². The maximum Gasteiger partial charge on any atom is 0.145 e. The second kappa shape index (κ2) is 6.73. The Morgan fingerprint density at radius 2 is 1.95 bits per heavy atom. The molecular formula is C15H13BrClF2NO. The molecule has 0 spiro atoms. The highest BCUT2D eigenvalue weighted by Crippen LogP contribution is 2.34. The van der Waals surface area contributed by atoms with E-state index in [2.05, 4.69) is 15.9 Å². The Labute approximate surface area is 135 Å². The first-order valence-corrected chi connectivity index (χ1v) is 7.38. The number of halogens is 4. The van der Waals surface area contributed by atoms with Crippen LogP contribution in [-0.2, 0) is 0 Å². The Morgan fingerprint density at radius 3 is 2.57 bits per heavy atom. The molecule has 112 valence electrons. The van der Waals surface area contributed by atoms with Gasteiger partial charge in [-0.05, 0) is 46.6 Å². The molecule has 6 heteroatoms. The highest BCUT2D eigenvalue weighted by molar-refractivity contribution is 9.10. The number of rotatable bonds is 4. The first kappa shape index (κ1) is 16.2. The number of ether oxygens (including phenoxy) is 1. The predicted molar refractivity (Wildman–Crippen MR) is 82.5 cm³/mol. The highest BCUT2D eigenvalue weighted by Gasteiger charge is 2.21. The molecule has 0 aromatic heterocycles. The van der Waals surface area contributed by atoms with Crippen LogP contribution in [0.15, 0.2) is 40.9 Å². The van der Waals surface area contributed by atoms with Crippen molar-refractivity contribution < 1.29 is 13.5 Å². The van der Waals surface area contributed by atoms with Crippen LogP contribution in [0, 0.1) is 11.6 Å². The summed E-state index contributed by atoms with van der Waals surface area (Å²) in [6.45, 7) is 1.73. The maximum atomic E-state index is 13.6. The van der Waals surface area contributed by atoms with E-state index in [-0.39, 0.29) is 16.6 Å². The lowest BCUT2D eigenvalue weighted by molar-refractivity contribution is 0.178. The van der Waals surface area contributed by atoms with Crippen LogP contribution in [0.4, 0.5) is 8.78 Å². The van der Waals surface area contributed by atoms with Gasteiger partial charge in [-0.3, -0.25) is 0 Å². The quantitative estimate of drug-likeness (QED) is 0.774. The van der Waals surface area contributed by atoms with E-state index >= 15 is 0 Å². The van der Waals surface area contributed by atoms with Crippen molar-refractivity contribution in [2.75, 3.05) is 0 Å². The van der Waals surface area contributed by atoms with E-state index in [9.17, 15) is 8.78 Å². The van der Waals surface area contributed by atoms with Gasteiger partial charge in [0.1, 0.15) is 23.5 Å². The molecule has 0 radical (unpaired) electrons. The molecular weight excluding hydrogens is 364 g/mol. The summed E-state index contributed by atoms with van der Waals surface area (Å²) >= 11 is 8.94. The summed E-state index contributed by atoms with van der Waals surface area (Å²) in [5, 5.41) is -0.0164. The van der Waals surface area contributed by atoms with Crippen molar-refractivity contribution in [1.82, 2.24) is 0 Å². The van der Waals surface area contributed by atoms with Crippen LogP contribution in [-0.4, -0.2) is 6.04 Å². The SMILES string of the molecule is CC(N)C(Oc1cc(F)c(Cl)cc1Br)c1cccc(F)c1. The number of nitrogens with two attached hydrogens (primary N) is 1. The lowest BCUT2D eigenvalue weighted by Crippen LogP contribution is -2.29. The van der Waals surface area contributed by atoms with Gasteiger partial charge in [-0.2, -0.15) is 0 Å². The summed E-state index contributed by atoms with van der Waals surface area (Å²) < 4.78 is 33.1. The normalized spacial score (nSPS) is 13.8. The standard InChI is InChI=1S/C15H13BrClF2NO/c1-8(20)15(9-3-2-4-10(18)5-9)21-14-7-13(19)12(17)6-11(14)16/h2-8,15H,20H2,1H3. The Morgan fingerprint density at radius 1 is 1.24 bits per heavy atom. The Kier molecular flexibility index (Phi) is 5.19. The fourth-order valence-electron chi connectivity index (χ4n) is 1.89. The summed E-state index contributed by atoms with van der Waals surface area (Å²) in [7, 11) is 0. The van der Waals surface area contributed by atoms with Gasteiger partial charge in [-0.1, -0.05) is 23.7 Å². The van der Waals surface area contributed by atoms with E-state index in [4.69, 9.17) is 22.1 Å². The topological polar surface area (TPSA) is 35.2 Å². The summed E-state index contributed by atoms with van der Waals surface area (Å²) in [5.41, 5.74) is 6.48. The Bertz CT molecular complexity index is 652. The maximum absolute atomic E-state index is 13.6. The number of hydrogen-bond acceptors (Lipinski definition) is 2. The van der Waals surface area contributed by atoms with Crippen molar-refractivity contribution in [1.29, 1.82) is 0 Å². The van der Waals surface area contributed by atoms with Gasteiger partial charge in [-0.25, -0.2) is 8.78 Å². The third-order valence-corrected chi connectivity index (χ3v) is 3.79. The largest absolute Gasteiger partial charge is 0.483 e. The van der Waals surface area contributed by atoms with E-state index in [1.165, 1.54) is 24.3 Å². The van der Waals surface area contributed by atoms with Crippen molar-refractivity contribution in [3.8, 4) is 5.75 Å². The molecule has 2 unspecified atom stereocenters. The molecule has 2 N–H and O–H groups in total. The molecule has 0 saturated heterocycles. The molecule has 0 saturated carbocycles. The van der Waals surface area contributed by atoms with Crippen molar-refractivity contribution in [3.63, 3.8) is 0 Å². The molecule has 0 aliphatic rings. The molecule has 0 aliphatic heterocycles. The van der Waals surface area contributed by atoms with Gasteiger partial charge in [-0.15, -0.1) is 0 Å². The second-order valence-corrected chi connectivity index (χ2v) is 5.91. The van der Waals surface area contributed by atoms with Gasteiger partial charge in [0.25, 0.3) is 0 Å². The summed E-state index contributed by atoms with van der Waals surface area (Å²) in [6.07, 6.45) is -0.613. The van der Waals surface area contributed by atoms with Crippen molar-refractivity contribution in [2.45, 2.75) is 19.1 Å². The minimum atomic E-state index is -0.613. The van der Waals surface area contributed by atoms with E-state index in [0.29, 0.717) is 10.0 Å². The predicted octanol–water partition coefficient (Wildman–Crippen LogP) is 4.85. The minimum Gasteiger partial charge on any atom is -0.483 e. The molecule has 21 heavy (non-hydrogen) atoms. The smallest absolute Gasteiger partial charge is 0.145 e. The van der Waals surface area contributed by atoms with Gasteiger partial charge in [0.15, 0.2) is 0 Å². The van der Waals surface area contributed by atoms with Crippen LogP contribution in [0.5, 0.6) is 5.75 Å². The summed E-state index contributed by atoms with van der Waals surface area (Å²) in [4.78, 5) is 0. The molecule has 0 bridgehead atoms. The highest BCUT2D eigenvalue weighted by atomic mass is 79.9. The monoisotopic (exact) mass is 375 g/mol. The Balaban J connectivity index is 2.35. The first-order valence-electron chi connectivity index (χ1n) is 6.20. The fourth-order valence-corrected chi connectivity index (χ4v) is 2.63. The summed E-state index contributed by atoms with van der Waals surface area (Å²) in [6, 6.07) is 8.10.